The third-order valence-electron chi connectivity index (χ3n) is 3.27. The van der Waals surface area contributed by atoms with E-state index in [4.69, 9.17) is 0 Å². The molecule has 2 rings (SSSR count). The average molecular weight is 230 g/mol. The van der Waals surface area contributed by atoms with E-state index in [9.17, 15) is 5.26 Å². The van der Waals surface area contributed by atoms with Crippen LogP contribution in [0.5, 0.6) is 0 Å². The first-order valence-corrected chi connectivity index (χ1v) is 6.19. The molecule has 0 saturated heterocycles. The average Bonchev–Trinajstić information content (AvgIpc) is 3.14. The number of hydrogen-bond acceptors (Lipinski definition) is 4. The second-order valence-corrected chi connectivity index (χ2v) is 4.65. The van der Waals surface area contributed by atoms with Crippen molar-refractivity contribution < 1.29 is 0 Å². The van der Waals surface area contributed by atoms with Crippen molar-refractivity contribution in [3.63, 3.8) is 0 Å². The lowest BCUT2D eigenvalue weighted by molar-refractivity contribution is 0.734. The molecule has 0 unspecified atom stereocenters. The standard InChI is InChI=1S/C13H18N4/c1-4-7-17(11-5-6-11)13-12(8-14)9(2)10(3)15-16-13/h11H,4-7H2,1-3H3. The van der Waals surface area contributed by atoms with Gasteiger partial charge in [-0.05, 0) is 38.7 Å². The smallest absolute Gasteiger partial charge is 0.169 e. The van der Waals surface area contributed by atoms with Crippen LogP contribution in [0.3, 0.4) is 0 Å². The Morgan fingerprint density at radius 1 is 1.35 bits per heavy atom. The monoisotopic (exact) mass is 230 g/mol. The summed E-state index contributed by atoms with van der Waals surface area (Å²) in [5, 5.41) is 17.7. The Morgan fingerprint density at radius 3 is 2.59 bits per heavy atom. The summed E-state index contributed by atoms with van der Waals surface area (Å²) in [4.78, 5) is 2.25. The Labute approximate surface area is 102 Å². The van der Waals surface area contributed by atoms with E-state index in [0.29, 0.717) is 11.6 Å². The van der Waals surface area contributed by atoms with Crippen LogP contribution < -0.4 is 4.90 Å². The Bertz CT molecular complexity index is 457. The van der Waals surface area contributed by atoms with E-state index in [2.05, 4.69) is 28.1 Å². The molecule has 90 valence electrons. The molecule has 0 aliphatic heterocycles. The van der Waals surface area contributed by atoms with E-state index in [1.54, 1.807) is 0 Å². The fourth-order valence-corrected chi connectivity index (χ4v) is 2.02. The number of rotatable bonds is 4. The summed E-state index contributed by atoms with van der Waals surface area (Å²) in [7, 11) is 0. The maximum Gasteiger partial charge on any atom is 0.169 e. The molecule has 0 aromatic carbocycles. The molecule has 17 heavy (non-hydrogen) atoms. The number of anilines is 1. The molecule has 4 heteroatoms. The molecular weight excluding hydrogens is 212 g/mol. The summed E-state index contributed by atoms with van der Waals surface area (Å²) < 4.78 is 0. The Balaban J connectivity index is 2.42. The number of nitriles is 1. The molecule has 0 radical (unpaired) electrons. The van der Waals surface area contributed by atoms with E-state index >= 15 is 0 Å². The summed E-state index contributed by atoms with van der Waals surface area (Å²) >= 11 is 0. The molecule has 1 saturated carbocycles. The summed E-state index contributed by atoms with van der Waals surface area (Å²) in [5.41, 5.74) is 2.50. The Hall–Kier alpha value is -1.63. The molecule has 1 aliphatic rings. The van der Waals surface area contributed by atoms with Crippen molar-refractivity contribution in [2.75, 3.05) is 11.4 Å². The normalized spacial score (nSPS) is 14.5. The van der Waals surface area contributed by atoms with Crippen molar-refractivity contribution in [3.05, 3.63) is 16.8 Å². The molecule has 1 aliphatic carbocycles. The third-order valence-corrected chi connectivity index (χ3v) is 3.27. The zero-order valence-corrected chi connectivity index (χ0v) is 10.7. The van der Waals surface area contributed by atoms with Crippen LogP contribution in [-0.2, 0) is 0 Å². The van der Waals surface area contributed by atoms with Crippen LogP contribution in [0.25, 0.3) is 0 Å². The highest BCUT2D eigenvalue weighted by atomic mass is 15.3. The molecule has 0 amide bonds. The van der Waals surface area contributed by atoms with Gasteiger partial charge in [0.15, 0.2) is 5.82 Å². The fraction of sp³-hybridized carbons (Fsp3) is 0.615. The number of aryl methyl sites for hydroxylation is 1. The predicted molar refractivity (Wildman–Crippen MR) is 66.9 cm³/mol. The summed E-state index contributed by atoms with van der Waals surface area (Å²) in [6.07, 6.45) is 3.48. The molecule has 1 fully saturated rings. The minimum Gasteiger partial charge on any atom is -0.351 e. The molecular formula is C13H18N4. The topological polar surface area (TPSA) is 52.8 Å². The van der Waals surface area contributed by atoms with E-state index in [1.165, 1.54) is 12.8 Å². The van der Waals surface area contributed by atoms with Crippen LogP contribution in [0.4, 0.5) is 5.82 Å². The van der Waals surface area contributed by atoms with Crippen LogP contribution in [-0.4, -0.2) is 22.8 Å². The van der Waals surface area contributed by atoms with E-state index in [0.717, 1.165) is 30.0 Å². The van der Waals surface area contributed by atoms with Crippen molar-refractivity contribution in [2.45, 2.75) is 46.1 Å². The number of hydrogen-bond donors (Lipinski definition) is 0. The first kappa shape index (κ1) is 11.8. The molecule has 1 aromatic rings. The van der Waals surface area contributed by atoms with Gasteiger partial charge in [-0.1, -0.05) is 6.92 Å². The molecule has 1 aromatic heterocycles. The molecule has 0 atom stereocenters. The Morgan fingerprint density at radius 2 is 2.06 bits per heavy atom. The van der Waals surface area contributed by atoms with Gasteiger partial charge in [-0.15, -0.1) is 5.10 Å². The molecule has 4 nitrogen and oxygen atoms in total. The van der Waals surface area contributed by atoms with Gasteiger partial charge in [-0.3, -0.25) is 0 Å². The van der Waals surface area contributed by atoms with Crippen molar-refractivity contribution in [1.29, 1.82) is 5.26 Å². The van der Waals surface area contributed by atoms with Gasteiger partial charge in [-0.2, -0.15) is 10.4 Å². The highest BCUT2D eigenvalue weighted by Gasteiger charge is 2.31. The van der Waals surface area contributed by atoms with Gasteiger partial charge in [0.2, 0.25) is 0 Å². The minimum absolute atomic E-state index is 0.568. The largest absolute Gasteiger partial charge is 0.351 e. The van der Waals surface area contributed by atoms with Crippen LogP contribution in [0.2, 0.25) is 0 Å². The first-order valence-electron chi connectivity index (χ1n) is 6.19. The van der Waals surface area contributed by atoms with Crippen molar-refractivity contribution in [3.8, 4) is 6.07 Å². The predicted octanol–water partition coefficient (Wildman–Crippen LogP) is 2.34. The summed E-state index contributed by atoms with van der Waals surface area (Å²) in [6.45, 7) is 6.95. The maximum absolute atomic E-state index is 9.30. The SMILES string of the molecule is CCCN(c1nnc(C)c(C)c1C#N)C1CC1. The van der Waals surface area contributed by atoms with Crippen molar-refractivity contribution >= 4 is 5.82 Å². The van der Waals surface area contributed by atoms with Gasteiger partial charge in [-0.25, -0.2) is 0 Å². The highest BCUT2D eigenvalue weighted by molar-refractivity contribution is 5.58. The minimum atomic E-state index is 0.568. The van der Waals surface area contributed by atoms with Crippen molar-refractivity contribution in [1.82, 2.24) is 10.2 Å². The zero-order valence-electron chi connectivity index (χ0n) is 10.7. The quantitative estimate of drug-likeness (QED) is 0.796. The fourth-order valence-electron chi connectivity index (χ4n) is 2.02. The second kappa shape index (κ2) is 4.70. The maximum atomic E-state index is 9.30. The first-order chi connectivity index (χ1) is 8.19. The van der Waals surface area contributed by atoms with Crippen LogP contribution in [0.15, 0.2) is 0 Å². The molecule has 0 N–H and O–H groups in total. The van der Waals surface area contributed by atoms with Gasteiger partial charge >= 0.3 is 0 Å². The van der Waals surface area contributed by atoms with Crippen LogP contribution in [0.1, 0.15) is 43.0 Å². The molecule has 0 spiro atoms. The number of nitrogens with zero attached hydrogens (tertiary/aromatic N) is 4. The highest BCUT2D eigenvalue weighted by Crippen LogP contribution is 2.33. The van der Waals surface area contributed by atoms with Gasteiger partial charge in [0.05, 0.1) is 5.69 Å². The van der Waals surface area contributed by atoms with E-state index in [1.807, 2.05) is 13.8 Å². The summed E-state index contributed by atoms with van der Waals surface area (Å²) in [6, 6.07) is 2.85. The van der Waals surface area contributed by atoms with Gasteiger partial charge in [0.1, 0.15) is 11.6 Å². The molecule has 1 heterocycles. The lowest BCUT2D eigenvalue weighted by Crippen LogP contribution is -2.29. The third kappa shape index (κ3) is 2.23. The summed E-state index contributed by atoms with van der Waals surface area (Å²) in [5.74, 6) is 0.778. The van der Waals surface area contributed by atoms with Crippen LogP contribution >= 0.6 is 0 Å². The van der Waals surface area contributed by atoms with Gasteiger partial charge in [0, 0.05) is 12.6 Å². The lowest BCUT2D eigenvalue weighted by Gasteiger charge is -2.24. The van der Waals surface area contributed by atoms with Crippen molar-refractivity contribution in [2.24, 2.45) is 0 Å². The van der Waals surface area contributed by atoms with E-state index < -0.39 is 0 Å². The molecule has 0 bridgehead atoms. The second-order valence-electron chi connectivity index (χ2n) is 4.65. The number of aromatic nitrogens is 2. The lowest BCUT2D eigenvalue weighted by atomic mass is 10.1. The van der Waals surface area contributed by atoms with Crippen LogP contribution in [0, 0.1) is 25.2 Å². The van der Waals surface area contributed by atoms with E-state index in [-0.39, 0.29) is 0 Å². The zero-order chi connectivity index (χ0) is 12.4. The van der Waals surface area contributed by atoms with Gasteiger partial charge in [0.25, 0.3) is 0 Å². The van der Waals surface area contributed by atoms with Gasteiger partial charge < -0.3 is 4.90 Å². The Kier molecular flexibility index (Phi) is 3.28.